The maximum absolute atomic E-state index is 13.4. The Kier molecular flexibility index (Phi) is 7.41. The lowest BCUT2D eigenvalue weighted by molar-refractivity contribution is 0.0203. The molecule has 0 radical (unpaired) electrons. The van der Waals surface area contributed by atoms with Crippen LogP contribution in [0.2, 0.25) is 5.02 Å². The number of halogens is 1. The Bertz CT molecular complexity index is 1250. The zero-order valence-corrected chi connectivity index (χ0v) is 22.2. The number of piperidine rings is 1. The van der Waals surface area contributed by atoms with E-state index in [9.17, 15) is 9.59 Å². The molecule has 0 saturated carbocycles. The molecule has 0 unspecified atom stereocenters. The summed E-state index contributed by atoms with van der Waals surface area (Å²) < 4.78 is 7.38. The molecule has 190 valence electrons. The third-order valence-corrected chi connectivity index (χ3v) is 6.77. The molecule has 7 nitrogen and oxygen atoms in total. The first-order chi connectivity index (χ1) is 17.0. The molecular weight excluding hydrogens is 476 g/mol. The number of anilines is 1. The van der Waals surface area contributed by atoms with Crippen LogP contribution < -0.4 is 5.32 Å². The van der Waals surface area contributed by atoms with E-state index in [0.717, 1.165) is 28.2 Å². The highest BCUT2D eigenvalue weighted by Crippen LogP contribution is 2.34. The molecule has 0 bridgehead atoms. The number of nitrogens with one attached hydrogen (secondary N) is 1. The zero-order valence-electron chi connectivity index (χ0n) is 21.5. The first-order valence-corrected chi connectivity index (χ1v) is 12.6. The lowest BCUT2D eigenvalue weighted by atomic mass is 9.90. The Morgan fingerprint density at radius 3 is 2.36 bits per heavy atom. The van der Waals surface area contributed by atoms with Gasteiger partial charge in [0.05, 0.1) is 23.1 Å². The predicted octanol–water partition coefficient (Wildman–Crippen LogP) is 6.51. The zero-order chi connectivity index (χ0) is 26.0. The highest BCUT2D eigenvalue weighted by molar-refractivity contribution is 6.31. The minimum absolute atomic E-state index is 0.0309. The molecule has 2 aromatic carbocycles. The van der Waals surface area contributed by atoms with E-state index in [4.69, 9.17) is 16.3 Å². The van der Waals surface area contributed by atoms with Crippen molar-refractivity contribution in [1.82, 2.24) is 14.7 Å². The fourth-order valence-electron chi connectivity index (χ4n) is 4.44. The molecule has 0 aliphatic carbocycles. The average molecular weight is 509 g/mol. The van der Waals surface area contributed by atoms with Gasteiger partial charge >= 0.3 is 6.09 Å². The van der Waals surface area contributed by atoms with Gasteiger partial charge in [-0.2, -0.15) is 5.10 Å². The molecule has 1 aliphatic rings. The molecule has 2 heterocycles. The van der Waals surface area contributed by atoms with E-state index in [0.29, 0.717) is 36.5 Å². The molecule has 8 heteroatoms. The number of hydrogen-bond donors (Lipinski definition) is 1. The van der Waals surface area contributed by atoms with Gasteiger partial charge in [0.1, 0.15) is 5.60 Å². The monoisotopic (exact) mass is 508 g/mol. The van der Waals surface area contributed by atoms with Gasteiger partial charge in [0.15, 0.2) is 0 Å². The van der Waals surface area contributed by atoms with Gasteiger partial charge in [0.25, 0.3) is 5.91 Å². The maximum Gasteiger partial charge on any atom is 0.410 e. The van der Waals surface area contributed by atoms with Crippen LogP contribution in [-0.4, -0.2) is 45.4 Å². The quantitative estimate of drug-likeness (QED) is 0.436. The van der Waals surface area contributed by atoms with Gasteiger partial charge in [-0.05, 0) is 77.3 Å². The third-order valence-electron chi connectivity index (χ3n) is 6.36. The second-order valence-corrected chi connectivity index (χ2v) is 10.7. The summed E-state index contributed by atoms with van der Waals surface area (Å²) in [4.78, 5) is 27.7. The minimum atomic E-state index is -0.544. The lowest BCUT2D eigenvalue weighted by Gasteiger charge is -2.34. The van der Waals surface area contributed by atoms with E-state index >= 15 is 0 Å². The van der Waals surface area contributed by atoms with E-state index < -0.39 is 5.60 Å². The summed E-state index contributed by atoms with van der Waals surface area (Å²) in [6, 6.07) is 13.4. The summed E-state index contributed by atoms with van der Waals surface area (Å²) >= 11 is 6.42. The van der Waals surface area contributed by atoms with Gasteiger partial charge in [-0.25, -0.2) is 9.48 Å². The second-order valence-electron chi connectivity index (χ2n) is 10.3. The molecule has 0 spiro atoms. The van der Waals surface area contributed by atoms with E-state index in [1.165, 1.54) is 0 Å². The highest BCUT2D eigenvalue weighted by atomic mass is 35.5. The Morgan fingerprint density at radius 1 is 1.06 bits per heavy atom. The van der Waals surface area contributed by atoms with Crippen LogP contribution in [-0.2, 0) is 4.74 Å². The first kappa shape index (κ1) is 25.8. The Labute approximate surface area is 217 Å². The number of benzene rings is 2. The largest absolute Gasteiger partial charge is 0.444 e. The molecule has 4 rings (SSSR count). The molecule has 3 aromatic rings. The predicted molar refractivity (Wildman–Crippen MR) is 142 cm³/mol. The molecular formula is C28H33ClN4O3. The standard InChI is InChI=1S/C28H33ClN4O3/c1-18-9-11-21(12-10-18)31-26(34)22-17-30-33(24-8-6-7-23(29)19(24)2)25(22)20-13-15-32(16-14-20)27(35)36-28(3,4)5/h6-12,17,20H,13-16H2,1-5H3,(H,31,34). The van der Waals surface area contributed by atoms with Gasteiger partial charge in [0.2, 0.25) is 0 Å². The van der Waals surface area contributed by atoms with Crippen molar-refractivity contribution < 1.29 is 14.3 Å². The van der Waals surface area contributed by atoms with Crippen molar-refractivity contribution in [2.24, 2.45) is 0 Å². The summed E-state index contributed by atoms with van der Waals surface area (Å²) in [7, 11) is 0. The number of rotatable bonds is 4. The summed E-state index contributed by atoms with van der Waals surface area (Å²) in [6.45, 7) is 10.6. The fraction of sp³-hybridized carbons (Fsp3) is 0.393. The van der Waals surface area contributed by atoms with Crippen molar-refractivity contribution in [2.75, 3.05) is 18.4 Å². The number of aryl methyl sites for hydroxylation is 1. The Hall–Kier alpha value is -3.32. The molecule has 36 heavy (non-hydrogen) atoms. The summed E-state index contributed by atoms with van der Waals surface area (Å²) in [5.41, 5.74) is 4.37. The Morgan fingerprint density at radius 2 is 1.72 bits per heavy atom. The van der Waals surface area contributed by atoms with E-state index in [1.54, 1.807) is 11.1 Å². The normalized spacial score (nSPS) is 14.6. The molecule has 1 N–H and O–H groups in total. The number of carbonyl (C=O) groups excluding carboxylic acids is 2. The van der Waals surface area contributed by atoms with Crippen LogP contribution in [0.3, 0.4) is 0 Å². The van der Waals surface area contributed by atoms with Gasteiger partial charge in [-0.15, -0.1) is 0 Å². The number of carbonyl (C=O) groups is 2. The SMILES string of the molecule is Cc1ccc(NC(=O)c2cnn(-c3cccc(Cl)c3C)c2C2CCN(C(=O)OC(C)(C)C)CC2)cc1. The van der Waals surface area contributed by atoms with E-state index in [1.807, 2.05) is 81.8 Å². The van der Waals surface area contributed by atoms with E-state index in [-0.39, 0.29) is 17.9 Å². The van der Waals surface area contributed by atoms with Crippen molar-refractivity contribution in [3.8, 4) is 5.69 Å². The lowest BCUT2D eigenvalue weighted by Crippen LogP contribution is -2.41. The third kappa shape index (κ3) is 5.73. The van der Waals surface area contributed by atoms with Crippen LogP contribution >= 0.6 is 11.6 Å². The number of ether oxygens (including phenoxy) is 1. The molecule has 1 aliphatic heterocycles. The van der Waals surface area contributed by atoms with Crippen LogP contribution in [0.5, 0.6) is 0 Å². The molecule has 1 aromatic heterocycles. The highest BCUT2D eigenvalue weighted by Gasteiger charge is 2.32. The first-order valence-electron chi connectivity index (χ1n) is 12.2. The average Bonchev–Trinajstić information content (AvgIpc) is 3.26. The molecule has 1 saturated heterocycles. The van der Waals surface area contributed by atoms with Crippen LogP contribution in [0.15, 0.2) is 48.7 Å². The molecule has 1 fully saturated rings. The number of hydrogen-bond acceptors (Lipinski definition) is 4. The van der Waals surface area contributed by atoms with Crippen LogP contribution in [0.25, 0.3) is 5.69 Å². The number of likely N-dealkylation sites (tertiary alicyclic amines) is 1. The maximum atomic E-state index is 13.4. The van der Waals surface area contributed by atoms with Crippen molar-refractivity contribution in [3.05, 3.63) is 76.1 Å². The summed E-state index contributed by atoms with van der Waals surface area (Å²) in [5.74, 6) is -0.183. The smallest absolute Gasteiger partial charge is 0.410 e. The topological polar surface area (TPSA) is 76.5 Å². The van der Waals surface area contributed by atoms with Gasteiger partial charge in [-0.1, -0.05) is 35.4 Å². The van der Waals surface area contributed by atoms with Crippen molar-refractivity contribution >= 4 is 29.3 Å². The summed E-state index contributed by atoms with van der Waals surface area (Å²) in [6.07, 6.45) is 2.70. The second kappa shape index (κ2) is 10.3. The number of nitrogens with zero attached hydrogens (tertiary/aromatic N) is 3. The van der Waals surface area contributed by atoms with E-state index in [2.05, 4.69) is 10.4 Å². The van der Waals surface area contributed by atoms with Gasteiger partial charge in [-0.3, -0.25) is 4.79 Å². The Balaban J connectivity index is 1.65. The number of amides is 2. The minimum Gasteiger partial charge on any atom is -0.444 e. The van der Waals surface area contributed by atoms with Gasteiger partial charge < -0.3 is 15.0 Å². The van der Waals surface area contributed by atoms with Crippen LogP contribution in [0.1, 0.15) is 66.7 Å². The van der Waals surface area contributed by atoms with Crippen LogP contribution in [0.4, 0.5) is 10.5 Å². The van der Waals surface area contributed by atoms with Crippen molar-refractivity contribution in [3.63, 3.8) is 0 Å². The van der Waals surface area contributed by atoms with Gasteiger partial charge in [0, 0.05) is 29.7 Å². The molecule has 2 amide bonds. The fourth-order valence-corrected chi connectivity index (χ4v) is 4.61. The van der Waals surface area contributed by atoms with Crippen molar-refractivity contribution in [1.29, 1.82) is 0 Å². The van der Waals surface area contributed by atoms with Crippen LogP contribution in [0, 0.1) is 13.8 Å². The van der Waals surface area contributed by atoms with Crippen molar-refractivity contribution in [2.45, 2.75) is 59.0 Å². The summed E-state index contributed by atoms with van der Waals surface area (Å²) in [5, 5.41) is 8.28. The number of aromatic nitrogens is 2. The molecule has 0 atom stereocenters.